The number of nitrogens with zero attached hydrogens (tertiary/aromatic N) is 1. The Hall–Kier alpha value is -3.02. The van der Waals surface area contributed by atoms with Crippen LogP contribution in [0.4, 0.5) is 10.5 Å². The Morgan fingerprint density at radius 1 is 1.12 bits per heavy atom. The zero-order valence-electron chi connectivity index (χ0n) is 12.8. The Bertz CT molecular complexity index is 789. The summed E-state index contributed by atoms with van der Waals surface area (Å²) in [5.74, 6) is 1.09. The van der Waals surface area contributed by atoms with Crippen molar-refractivity contribution in [1.82, 2.24) is 0 Å². The van der Waals surface area contributed by atoms with Gasteiger partial charge in [0, 0.05) is 11.8 Å². The first-order chi connectivity index (χ1) is 11.7. The van der Waals surface area contributed by atoms with Crippen molar-refractivity contribution in [3.8, 4) is 11.5 Å². The molecule has 0 saturated carbocycles. The summed E-state index contributed by atoms with van der Waals surface area (Å²) in [5.41, 5.74) is 1.37. The van der Waals surface area contributed by atoms with Crippen LogP contribution in [0.15, 0.2) is 48.5 Å². The van der Waals surface area contributed by atoms with Crippen molar-refractivity contribution in [2.45, 2.75) is 6.10 Å². The van der Waals surface area contributed by atoms with Crippen molar-refractivity contribution < 1.29 is 23.8 Å². The average Bonchev–Trinajstić information content (AvgIpc) is 3.17. The van der Waals surface area contributed by atoms with Gasteiger partial charge in [-0.15, -0.1) is 0 Å². The fraction of sp³-hybridized carbons (Fsp3) is 0.222. The molecule has 24 heavy (non-hydrogen) atoms. The Labute approximate surface area is 138 Å². The van der Waals surface area contributed by atoms with Crippen molar-refractivity contribution in [3.63, 3.8) is 0 Å². The van der Waals surface area contributed by atoms with Crippen LogP contribution >= 0.6 is 0 Å². The Kier molecular flexibility index (Phi) is 3.57. The standard InChI is InChI=1S/C18H15NO5/c20-16-11-23-17-8-13(6-7-15(16)17)22-10-14-9-19(18(21)24-14)12-4-2-1-3-5-12/h1-8,14H,9-11H2. The quantitative estimate of drug-likeness (QED) is 0.865. The molecule has 6 heteroatoms. The molecule has 1 amide bonds. The van der Waals surface area contributed by atoms with Crippen molar-refractivity contribution in [1.29, 1.82) is 0 Å². The van der Waals surface area contributed by atoms with Crippen LogP contribution in [0.1, 0.15) is 10.4 Å². The number of hydrogen-bond acceptors (Lipinski definition) is 5. The lowest BCUT2D eigenvalue weighted by Crippen LogP contribution is -2.26. The van der Waals surface area contributed by atoms with E-state index in [9.17, 15) is 9.59 Å². The molecule has 0 radical (unpaired) electrons. The van der Waals surface area contributed by atoms with E-state index in [2.05, 4.69) is 0 Å². The third kappa shape index (κ3) is 2.67. The van der Waals surface area contributed by atoms with E-state index >= 15 is 0 Å². The van der Waals surface area contributed by atoms with Crippen LogP contribution in [0.3, 0.4) is 0 Å². The second-order valence-corrected chi connectivity index (χ2v) is 5.63. The van der Waals surface area contributed by atoms with Crippen LogP contribution in [-0.2, 0) is 4.74 Å². The molecule has 2 aromatic rings. The average molecular weight is 325 g/mol. The van der Waals surface area contributed by atoms with Crippen LogP contribution in [-0.4, -0.2) is 37.7 Å². The maximum atomic E-state index is 12.0. The second-order valence-electron chi connectivity index (χ2n) is 5.63. The first-order valence-corrected chi connectivity index (χ1v) is 7.67. The monoisotopic (exact) mass is 325 g/mol. The lowest BCUT2D eigenvalue weighted by molar-refractivity contribution is 0.0961. The molecular formula is C18H15NO5. The molecular weight excluding hydrogens is 310 g/mol. The topological polar surface area (TPSA) is 65.1 Å². The molecule has 0 bridgehead atoms. The van der Waals surface area contributed by atoms with Crippen LogP contribution in [0.25, 0.3) is 0 Å². The van der Waals surface area contributed by atoms with Crippen molar-refractivity contribution >= 4 is 17.6 Å². The van der Waals surface area contributed by atoms with E-state index < -0.39 is 0 Å². The van der Waals surface area contributed by atoms with Crippen LogP contribution in [0, 0.1) is 0 Å². The van der Waals surface area contributed by atoms with E-state index in [1.807, 2.05) is 30.3 Å². The number of amides is 1. The molecule has 1 atom stereocenters. The highest BCUT2D eigenvalue weighted by atomic mass is 16.6. The van der Waals surface area contributed by atoms with Crippen LogP contribution in [0.2, 0.25) is 0 Å². The molecule has 2 aliphatic rings. The number of cyclic esters (lactones) is 1. The first-order valence-electron chi connectivity index (χ1n) is 7.67. The number of carbonyl (C=O) groups is 2. The van der Waals surface area contributed by atoms with Crippen molar-refractivity contribution in [3.05, 3.63) is 54.1 Å². The lowest BCUT2D eigenvalue weighted by atomic mass is 10.1. The number of ether oxygens (including phenoxy) is 3. The van der Waals surface area contributed by atoms with Gasteiger partial charge < -0.3 is 14.2 Å². The molecule has 2 aliphatic heterocycles. The number of Topliss-reactive ketones (excluding diaryl/α,β-unsaturated/α-hetero) is 1. The molecule has 2 aromatic carbocycles. The Morgan fingerprint density at radius 2 is 1.96 bits per heavy atom. The number of rotatable bonds is 4. The Morgan fingerprint density at radius 3 is 2.79 bits per heavy atom. The van der Waals surface area contributed by atoms with E-state index in [1.54, 1.807) is 23.1 Å². The van der Waals surface area contributed by atoms with E-state index in [-0.39, 0.29) is 31.2 Å². The molecule has 4 rings (SSSR count). The molecule has 1 fully saturated rings. The number of para-hydroxylation sites is 1. The van der Waals surface area contributed by atoms with E-state index in [0.29, 0.717) is 23.6 Å². The van der Waals surface area contributed by atoms with Gasteiger partial charge in [0.15, 0.2) is 12.7 Å². The maximum Gasteiger partial charge on any atom is 0.414 e. The number of fused-ring (bicyclic) bond motifs is 1. The molecule has 1 unspecified atom stereocenters. The van der Waals surface area contributed by atoms with Crippen LogP contribution < -0.4 is 14.4 Å². The highest BCUT2D eigenvalue weighted by Gasteiger charge is 2.32. The van der Waals surface area contributed by atoms with E-state index in [1.165, 1.54) is 0 Å². The fourth-order valence-electron chi connectivity index (χ4n) is 2.78. The number of carbonyl (C=O) groups excluding carboxylic acids is 2. The summed E-state index contributed by atoms with van der Waals surface area (Å²) in [7, 11) is 0. The summed E-state index contributed by atoms with van der Waals surface area (Å²) in [6.07, 6.45) is -0.730. The van der Waals surface area contributed by atoms with Gasteiger partial charge in [-0.1, -0.05) is 18.2 Å². The summed E-state index contributed by atoms with van der Waals surface area (Å²) in [5, 5.41) is 0. The van der Waals surface area contributed by atoms with Gasteiger partial charge in [-0.2, -0.15) is 0 Å². The summed E-state index contributed by atoms with van der Waals surface area (Å²) < 4.78 is 16.3. The smallest absolute Gasteiger partial charge is 0.414 e. The highest BCUT2D eigenvalue weighted by molar-refractivity contribution is 6.02. The van der Waals surface area contributed by atoms with Gasteiger partial charge in [-0.05, 0) is 24.3 Å². The molecule has 1 saturated heterocycles. The van der Waals surface area contributed by atoms with Gasteiger partial charge >= 0.3 is 6.09 Å². The Balaban J connectivity index is 1.39. The summed E-state index contributed by atoms with van der Waals surface area (Å²) in [4.78, 5) is 25.1. The third-order valence-electron chi connectivity index (χ3n) is 3.99. The summed E-state index contributed by atoms with van der Waals surface area (Å²) in [6.45, 7) is 0.746. The molecule has 0 aliphatic carbocycles. The summed E-state index contributed by atoms with van der Waals surface area (Å²) >= 11 is 0. The molecule has 6 nitrogen and oxygen atoms in total. The SMILES string of the molecule is O=C1COc2cc(OCC3CN(c4ccccc4)C(=O)O3)ccc21. The van der Waals surface area contributed by atoms with Gasteiger partial charge in [0.1, 0.15) is 18.1 Å². The fourth-order valence-corrected chi connectivity index (χ4v) is 2.78. The summed E-state index contributed by atoms with van der Waals surface area (Å²) in [6, 6.07) is 14.5. The minimum Gasteiger partial charge on any atom is -0.490 e. The highest BCUT2D eigenvalue weighted by Crippen LogP contribution is 2.30. The predicted octanol–water partition coefficient (Wildman–Crippen LogP) is 2.67. The normalized spacial score (nSPS) is 19.0. The molecule has 0 spiro atoms. The second kappa shape index (κ2) is 5.88. The maximum absolute atomic E-state index is 12.0. The molecule has 122 valence electrons. The van der Waals surface area contributed by atoms with Gasteiger partial charge in [0.2, 0.25) is 5.78 Å². The number of benzene rings is 2. The minimum atomic E-state index is -0.377. The van der Waals surface area contributed by atoms with Crippen LogP contribution in [0.5, 0.6) is 11.5 Å². The minimum absolute atomic E-state index is 0.0280. The van der Waals surface area contributed by atoms with E-state index in [4.69, 9.17) is 14.2 Å². The zero-order valence-corrected chi connectivity index (χ0v) is 12.8. The number of hydrogen-bond donors (Lipinski definition) is 0. The van der Waals surface area contributed by atoms with E-state index in [0.717, 1.165) is 5.69 Å². The first kappa shape index (κ1) is 14.6. The molecule has 0 aromatic heterocycles. The zero-order chi connectivity index (χ0) is 16.5. The van der Waals surface area contributed by atoms with Gasteiger partial charge in [-0.3, -0.25) is 9.69 Å². The van der Waals surface area contributed by atoms with Gasteiger partial charge in [0.05, 0.1) is 12.1 Å². The van der Waals surface area contributed by atoms with Crippen molar-refractivity contribution in [2.24, 2.45) is 0 Å². The number of anilines is 1. The molecule has 0 N–H and O–H groups in total. The largest absolute Gasteiger partial charge is 0.490 e. The van der Waals surface area contributed by atoms with Crippen molar-refractivity contribution in [2.75, 3.05) is 24.7 Å². The third-order valence-corrected chi connectivity index (χ3v) is 3.99. The number of ketones is 1. The predicted molar refractivity (Wildman–Crippen MR) is 85.8 cm³/mol. The lowest BCUT2D eigenvalue weighted by Gasteiger charge is -2.13. The van der Waals surface area contributed by atoms with Gasteiger partial charge in [0.25, 0.3) is 0 Å². The molecule has 2 heterocycles. The van der Waals surface area contributed by atoms with Gasteiger partial charge in [-0.25, -0.2) is 4.79 Å².